The lowest BCUT2D eigenvalue weighted by atomic mass is 9.93. The maximum Gasteiger partial charge on any atom is 0.310 e. The number of amidine groups is 1. The summed E-state index contributed by atoms with van der Waals surface area (Å²) in [5.74, 6) is -0.414. The van der Waals surface area contributed by atoms with Crippen LogP contribution in [-0.4, -0.2) is 59.4 Å². The van der Waals surface area contributed by atoms with Crippen LogP contribution >= 0.6 is 0 Å². The summed E-state index contributed by atoms with van der Waals surface area (Å²) >= 11 is 0. The zero-order valence-electron chi connectivity index (χ0n) is 16.9. The number of aliphatic imine (C=N–C) groups is 1. The molecule has 1 saturated heterocycles. The van der Waals surface area contributed by atoms with Gasteiger partial charge in [-0.3, -0.25) is 9.69 Å². The van der Waals surface area contributed by atoms with Crippen LogP contribution in [0.2, 0.25) is 0 Å². The highest BCUT2D eigenvalue weighted by Crippen LogP contribution is 2.39. The average Bonchev–Trinajstić information content (AvgIpc) is 2.84. The van der Waals surface area contributed by atoms with Gasteiger partial charge in [0.25, 0.3) is 0 Å². The molecular formula is C22H23F2N3O3. The van der Waals surface area contributed by atoms with E-state index in [1.54, 1.807) is 19.9 Å². The molecule has 0 atom stereocenters. The molecule has 6 nitrogen and oxygen atoms in total. The van der Waals surface area contributed by atoms with Gasteiger partial charge in [-0.15, -0.1) is 0 Å². The van der Waals surface area contributed by atoms with Crippen LogP contribution in [0.4, 0.5) is 14.5 Å². The fourth-order valence-corrected chi connectivity index (χ4v) is 3.71. The van der Waals surface area contributed by atoms with Crippen molar-refractivity contribution < 1.29 is 23.4 Å². The third-order valence-corrected chi connectivity index (χ3v) is 5.42. The topological polar surface area (TPSA) is 65.4 Å². The number of aliphatic carboxylic acids is 1. The highest BCUT2D eigenvalue weighted by atomic mass is 19.1. The Balaban J connectivity index is 1.62. The van der Waals surface area contributed by atoms with E-state index in [1.807, 2.05) is 4.90 Å². The van der Waals surface area contributed by atoms with Gasteiger partial charge in [0, 0.05) is 44.9 Å². The summed E-state index contributed by atoms with van der Waals surface area (Å²) in [4.78, 5) is 20.2. The Bertz CT molecular complexity index is 1010. The monoisotopic (exact) mass is 415 g/mol. The van der Waals surface area contributed by atoms with Gasteiger partial charge in [0.05, 0.1) is 11.0 Å². The Morgan fingerprint density at radius 1 is 1.07 bits per heavy atom. The second-order valence-electron chi connectivity index (χ2n) is 8.24. The predicted molar refractivity (Wildman–Crippen MR) is 109 cm³/mol. The van der Waals surface area contributed by atoms with Gasteiger partial charge in [0.2, 0.25) is 0 Å². The van der Waals surface area contributed by atoms with Gasteiger partial charge in [-0.25, -0.2) is 13.8 Å². The molecule has 0 spiro atoms. The van der Waals surface area contributed by atoms with Crippen LogP contribution in [0.25, 0.3) is 0 Å². The van der Waals surface area contributed by atoms with E-state index in [0.29, 0.717) is 61.3 Å². The number of hydrogen-bond donors (Lipinski definition) is 1. The van der Waals surface area contributed by atoms with Crippen molar-refractivity contribution in [1.82, 2.24) is 9.80 Å². The first-order valence-corrected chi connectivity index (χ1v) is 9.80. The molecule has 0 radical (unpaired) electrons. The molecule has 0 bridgehead atoms. The summed E-state index contributed by atoms with van der Waals surface area (Å²) in [7, 11) is 0. The maximum absolute atomic E-state index is 13.9. The SMILES string of the molecule is CC(C)(CN1CCN(C2=Nc3cc(F)ccc3Oc3cc(F)ccc32)CC1)C(=O)O. The summed E-state index contributed by atoms with van der Waals surface area (Å²) in [5, 5.41) is 9.37. The lowest BCUT2D eigenvalue weighted by Crippen LogP contribution is -2.52. The lowest BCUT2D eigenvalue weighted by Gasteiger charge is -2.38. The quantitative estimate of drug-likeness (QED) is 0.824. The van der Waals surface area contributed by atoms with Crippen molar-refractivity contribution in [3.8, 4) is 11.5 Å². The molecule has 0 saturated carbocycles. The number of hydrogen-bond acceptors (Lipinski definition) is 5. The summed E-state index contributed by atoms with van der Waals surface area (Å²) in [5.41, 5.74) is 0.138. The minimum Gasteiger partial charge on any atom is -0.481 e. The van der Waals surface area contributed by atoms with Crippen LogP contribution in [0.3, 0.4) is 0 Å². The normalized spacial score (nSPS) is 16.8. The Morgan fingerprint density at radius 2 is 1.73 bits per heavy atom. The number of rotatable bonds is 3. The largest absolute Gasteiger partial charge is 0.481 e. The van der Waals surface area contributed by atoms with Crippen molar-refractivity contribution in [2.24, 2.45) is 10.4 Å². The number of halogens is 2. The fraction of sp³-hybridized carbons (Fsp3) is 0.364. The highest BCUT2D eigenvalue weighted by Gasteiger charge is 2.32. The smallest absolute Gasteiger partial charge is 0.310 e. The summed E-state index contributed by atoms with van der Waals surface area (Å²) in [6.07, 6.45) is 0. The molecule has 0 unspecified atom stereocenters. The molecule has 1 N–H and O–H groups in total. The van der Waals surface area contributed by atoms with Gasteiger partial charge in [0.1, 0.15) is 28.9 Å². The number of fused-ring (bicyclic) bond motifs is 2. The predicted octanol–water partition coefficient (Wildman–Crippen LogP) is 3.88. The molecule has 0 aliphatic carbocycles. The third-order valence-electron chi connectivity index (χ3n) is 5.42. The van der Waals surface area contributed by atoms with Crippen LogP contribution in [0.5, 0.6) is 11.5 Å². The number of piperazine rings is 1. The van der Waals surface area contributed by atoms with Gasteiger partial charge in [0.15, 0.2) is 5.75 Å². The van der Waals surface area contributed by atoms with E-state index in [-0.39, 0.29) is 0 Å². The molecule has 0 amide bonds. The van der Waals surface area contributed by atoms with Crippen molar-refractivity contribution in [3.63, 3.8) is 0 Å². The van der Waals surface area contributed by atoms with E-state index in [0.717, 1.165) is 0 Å². The van der Waals surface area contributed by atoms with Crippen LogP contribution in [-0.2, 0) is 4.79 Å². The lowest BCUT2D eigenvalue weighted by molar-refractivity contribution is -0.148. The number of benzene rings is 2. The number of carboxylic acids is 1. The van der Waals surface area contributed by atoms with Crippen LogP contribution < -0.4 is 4.74 Å². The van der Waals surface area contributed by atoms with Crippen LogP contribution in [0.15, 0.2) is 41.4 Å². The third kappa shape index (κ3) is 4.00. The fourth-order valence-electron chi connectivity index (χ4n) is 3.71. The van der Waals surface area contributed by atoms with Gasteiger partial charge < -0.3 is 14.7 Å². The Hall–Kier alpha value is -3.00. The molecule has 0 aromatic heterocycles. The number of carbonyl (C=O) groups is 1. The van der Waals surface area contributed by atoms with E-state index in [1.165, 1.54) is 30.3 Å². The van der Waals surface area contributed by atoms with E-state index >= 15 is 0 Å². The second-order valence-corrected chi connectivity index (χ2v) is 8.24. The molecule has 30 heavy (non-hydrogen) atoms. The van der Waals surface area contributed by atoms with E-state index < -0.39 is 23.0 Å². The molecule has 2 aliphatic rings. The van der Waals surface area contributed by atoms with E-state index in [9.17, 15) is 18.7 Å². The molecule has 2 aromatic rings. The van der Waals surface area contributed by atoms with Gasteiger partial charge >= 0.3 is 5.97 Å². The molecule has 4 rings (SSSR count). The Labute approximate surface area is 173 Å². The van der Waals surface area contributed by atoms with Crippen molar-refractivity contribution in [2.45, 2.75) is 13.8 Å². The molecule has 8 heteroatoms. The van der Waals surface area contributed by atoms with Crippen LogP contribution in [0, 0.1) is 17.0 Å². The number of nitrogens with zero attached hydrogens (tertiary/aromatic N) is 3. The first-order chi connectivity index (χ1) is 14.2. The van der Waals surface area contributed by atoms with Gasteiger partial charge in [-0.1, -0.05) is 0 Å². The van der Waals surface area contributed by atoms with E-state index in [2.05, 4.69) is 9.89 Å². The van der Waals surface area contributed by atoms with Gasteiger partial charge in [-0.05, 0) is 38.1 Å². The standard InChI is InChI=1S/C22H23F2N3O3/c1-22(2,21(28)29)13-26-7-9-27(10-8-26)20-16-5-3-15(24)12-19(16)30-18-6-4-14(23)11-17(18)25-20/h3-6,11-12H,7-10,13H2,1-2H3,(H,28,29). The van der Waals surface area contributed by atoms with Crippen LogP contribution in [0.1, 0.15) is 19.4 Å². The highest BCUT2D eigenvalue weighted by molar-refractivity contribution is 6.03. The van der Waals surface area contributed by atoms with Crippen molar-refractivity contribution in [2.75, 3.05) is 32.7 Å². The summed E-state index contributed by atoms with van der Waals surface area (Å²) in [6.45, 7) is 6.40. The minimum atomic E-state index is -0.837. The Kier molecular flexibility index (Phi) is 5.19. The zero-order chi connectivity index (χ0) is 21.5. The van der Waals surface area contributed by atoms with Crippen molar-refractivity contribution >= 4 is 17.5 Å². The zero-order valence-corrected chi connectivity index (χ0v) is 16.9. The average molecular weight is 415 g/mol. The first kappa shape index (κ1) is 20.3. The molecular weight excluding hydrogens is 392 g/mol. The summed E-state index contributed by atoms with van der Waals surface area (Å²) < 4.78 is 33.5. The maximum atomic E-state index is 13.9. The second kappa shape index (κ2) is 7.68. The number of carboxylic acid groups (broad SMARTS) is 1. The van der Waals surface area contributed by atoms with Gasteiger partial charge in [-0.2, -0.15) is 0 Å². The minimum absolute atomic E-state index is 0.327. The summed E-state index contributed by atoms with van der Waals surface area (Å²) in [6, 6.07) is 8.32. The molecule has 2 aromatic carbocycles. The van der Waals surface area contributed by atoms with Crippen molar-refractivity contribution in [3.05, 3.63) is 53.6 Å². The molecule has 1 fully saturated rings. The number of ether oxygens (including phenoxy) is 1. The first-order valence-electron chi connectivity index (χ1n) is 9.80. The Morgan fingerprint density at radius 3 is 2.43 bits per heavy atom. The molecule has 158 valence electrons. The van der Waals surface area contributed by atoms with Crippen molar-refractivity contribution in [1.29, 1.82) is 0 Å². The molecule has 2 heterocycles. The van der Waals surface area contributed by atoms with E-state index in [4.69, 9.17) is 4.74 Å². The molecule has 2 aliphatic heterocycles.